The Kier molecular flexibility index (Phi) is 4.42. The Balaban J connectivity index is 1.43. The summed E-state index contributed by atoms with van der Waals surface area (Å²) in [6.07, 6.45) is 0. The van der Waals surface area contributed by atoms with Gasteiger partial charge in [-0.25, -0.2) is 4.68 Å². The summed E-state index contributed by atoms with van der Waals surface area (Å²) in [5.74, 6) is 1.57. The van der Waals surface area contributed by atoms with Crippen molar-refractivity contribution in [1.29, 1.82) is 0 Å². The van der Waals surface area contributed by atoms with E-state index in [4.69, 9.17) is 14.2 Å². The lowest BCUT2D eigenvalue weighted by Gasteiger charge is -2.09. The van der Waals surface area contributed by atoms with E-state index in [9.17, 15) is 4.79 Å². The van der Waals surface area contributed by atoms with Crippen LogP contribution in [0.25, 0.3) is 5.69 Å². The zero-order chi connectivity index (χ0) is 18.8. The molecule has 0 spiro atoms. The van der Waals surface area contributed by atoms with Gasteiger partial charge < -0.3 is 19.5 Å². The molecule has 0 atom stereocenters. The molecule has 0 fully saturated rings. The number of nitrogens with one attached hydrogen (secondary N) is 1. The molecule has 2 aromatic carbocycles. The molecule has 0 aliphatic carbocycles. The lowest BCUT2D eigenvalue weighted by Crippen LogP contribution is -2.20. The van der Waals surface area contributed by atoms with Crippen LogP contribution in [0, 0.1) is 13.8 Å². The van der Waals surface area contributed by atoms with Gasteiger partial charge in [0.05, 0.1) is 22.8 Å². The molecule has 1 N–H and O–H groups in total. The van der Waals surface area contributed by atoms with E-state index in [1.165, 1.54) is 0 Å². The number of aromatic nitrogens is 2. The van der Waals surface area contributed by atoms with Crippen molar-refractivity contribution in [2.75, 3.05) is 18.7 Å². The highest BCUT2D eigenvalue weighted by Gasteiger charge is 2.17. The molecule has 0 saturated carbocycles. The Hall–Kier alpha value is -3.48. The highest BCUT2D eigenvalue weighted by Crippen LogP contribution is 2.35. The molecule has 0 unspecified atom stereocenters. The maximum absolute atomic E-state index is 12.3. The van der Waals surface area contributed by atoms with Crippen molar-refractivity contribution in [3.05, 3.63) is 59.9 Å². The minimum absolute atomic E-state index is 0.116. The fraction of sp³-hybridized carbons (Fsp3) is 0.200. The fourth-order valence-corrected chi connectivity index (χ4v) is 2.94. The van der Waals surface area contributed by atoms with Crippen LogP contribution >= 0.6 is 0 Å². The first-order valence-corrected chi connectivity index (χ1v) is 8.56. The van der Waals surface area contributed by atoms with Gasteiger partial charge in [0.1, 0.15) is 5.75 Å². The predicted molar refractivity (Wildman–Crippen MR) is 99.7 cm³/mol. The van der Waals surface area contributed by atoms with Crippen molar-refractivity contribution in [3.8, 4) is 22.9 Å². The monoisotopic (exact) mass is 365 g/mol. The van der Waals surface area contributed by atoms with E-state index in [1.807, 2.05) is 48.9 Å². The Morgan fingerprint density at radius 3 is 2.74 bits per heavy atom. The summed E-state index contributed by atoms with van der Waals surface area (Å²) in [6, 6.07) is 15.0. The van der Waals surface area contributed by atoms with E-state index in [2.05, 4.69) is 10.4 Å². The van der Waals surface area contributed by atoms with Gasteiger partial charge >= 0.3 is 0 Å². The standard InChI is InChI=1S/C20H19N3O4/c1-13-20(14(2)23(22-13)15-6-4-3-5-7-15)21-19(24)11-25-16-8-9-17-18(10-16)27-12-26-17/h3-10H,11-12H2,1-2H3,(H,21,24). The molecule has 1 aromatic heterocycles. The molecule has 1 aliphatic heterocycles. The minimum atomic E-state index is -0.258. The van der Waals surface area contributed by atoms with E-state index in [1.54, 1.807) is 18.2 Å². The third kappa shape index (κ3) is 3.44. The van der Waals surface area contributed by atoms with Gasteiger partial charge in [-0.1, -0.05) is 18.2 Å². The van der Waals surface area contributed by atoms with Gasteiger partial charge in [-0.05, 0) is 38.1 Å². The highest BCUT2D eigenvalue weighted by molar-refractivity contribution is 5.93. The summed E-state index contributed by atoms with van der Waals surface area (Å²) in [7, 11) is 0. The first kappa shape index (κ1) is 17.0. The maximum atomic E-state index is 12.3. The molecule has 7 nitrogen and oxygen atoms in total. The van der Waals surface area contributed by atoms with Crippen LogP contribution in [0.15, 0.2) is 48.5 Å². The lowest BCUT2D eigenvalue weighted by atomic mass is 10.3. The largest absolute Gasteiger partial charge is 0.484 e. The van der Waals surface area contributed by atoms with Gasteiger partial charge in [0.2, 0.25) is 6.79 Å². The molecule has 1 amide bonds. The third-order valence-corrected chi connectivity index (χ3v) is 4.27. The molecular formula is C20H19N3O4. The summed E-state index contributed by atoms with van der Waals surface area (Å²) < 4.78 is 17.9. The SMILES string of the molecule is Cc1nn(-c2ccccc2)c(C)c1NC(=O)COc1ccc2c(c1)OCO2. The first-order chi connectivity index (χ1) is 13.1. The predicted octanol–water partition coefficient (Wildman–Crippen LogP) is 3.24. The fourth-order valence-electron chi connectivity index (χ4n) is 2.94. The van der Waals surface area contributed by atoms with Gasteiger partial charge in [-0.2, -0.15) is 5.10 Å². The number of ether oxygens (including phenoxy) is 3. The van der Waals surface area contributed by atoms with Crippen molar-refractivity contribution in [2.45, 2.75) is 13.8 Å². The molecule has 1 aliphatic rings. The second kappa shape index (κ2) is 7.03. The Bertz CT molecular complexity index is 982. The quantitative estimate of drug-likeness (QED) is 0.751. The minimum Gasteiger partial charge on any atom is -0.484 e. The summed E-state index contributed by atoms with van der Waals surface area (Å²) in [4.78, 5) is 12.3. The molecule has 138 valence electrons. The molecular weight excluding hydrogens is 346 g/mol. The van der Waals surface area contributed by atoms with Gasteiger partial charge in [-0.15, -0.1) is 0 Å². The molecule has 7 heteroatoms. The van der Waals surface area contributed by atoms with Crippen LogP contribution in [0.4, 0.5) is 5.69 Å². The number of nitrogens with zero attached hydrogens (tertiary/aromatic N) is 2. The number of rotatable bonds is 5. The Morgan fingerprint density at radius 1 is 1.15 bits per heavy atom. The van der Waals surface area contributed by atoms with Crippen LogP contribution in [0.1, 0.15) is 11.4 Å². The van der Waals surface area contributed by atoms with Crippen LogP contribution in [0.2, 0.25) is 0 Å². The molecule has 2 heterocycles. The van der Waals surface area contributed by atoms with Gasteiger partial charge in [0.15, 0.2) is 18.1 Å². The summed E-state index contributed by atoms with van der Waals surface area (Å²) in [5, 5.41) is 7.41. The number of amides is 1. The lowest BCUT2D eigenvalue weighted by molar-refractivity contribution is -0.118. The van der Waals surface area contributed by atoms with Crippen molar-refractivity contribution in [1.82, 2.24) is 9.78 Å². The molecule has 4 rings (SSSR count). The van der Waals surface area contributed by atoms with Crippen molar-refractivity contribution < 1.29 is 19.0 Å². The van der Waals surface area contributed by atoms with Crippen molar-refractivity contribution in [2.24, 2.45) is 0 Å². The Morgan fingerprint density at radius 2 is 1.93 bits per heavy atom. The van der Waals surface area contributed by atoms with E-state index < -0.39 is 0 Å². The molecule has 0 radical (unpaired) electrons. The number of benzene rings is 2. The average molecular weight is 365 g/mol. The summed E-state index contributed by atoms with van der Waals surface area (Å²) in [6.45, 7) is 3.86. The van der Waals surface area contributed by atoms with Crippen molar-refractivity contribution in [3.63, 3.8) is 0 Å². The van der Waals surface area contributed by atoms with Crippen LogP contribution in [-0.4, -0.2) is 29.1 Å². The number of carbonyl (C=O) groups excluding carboxylic acids is 1. The van der Waals surface area contributed by atoms with Crippen LogP contribution in [-0.2, 0) is 4.79 Å². The summed E-state index contributed by atoms with van der Waals surface area (Å²) >= 11 is 0. The number of para-hydroxylation sites is 1. The number of carbonyl (C=O) groups is 1. The van der Waals surface area contributed by atoms with Gasteiger partial charge in [0, 0.05) is 6.07 Å². The van der Waals surface area contributed by atoms with Crippen LogP contribution in [0.5, 0.6) is 17.2 Å². The summed E-state index contributed by atoms with van der Waals surface area (Å²) in [5.41, 5.74) is 3.23. The van der Waals surface area contributed by atoms with Gasteiger partial charge in [-0.3, -0.25) is 4.79 Å². The molecule has 3 aromatic rings. The topological polar surface area (TPSA) is 74.6 Å². The van der Waals surface area contributed by atoms with Crippen LogP contribution in [0.3, 0.4) is 0 Å². The van der Waals surface area contributed by atoms with Crippen molar-refractivity contribution >= 4 is 11.6 Å². The van der Waals surface area contributed by atoms with Crippen LogP contribution < -0.4 is 19.5 Å². The smallest absolute Gasteiger partial charge is 0.262 e. The van der Waals surface area contributed by atoms with E-state index in [-0.39, 0.29) is 19.3 Å². The third-order valence-electron chi connectivity index (χ3n) is 4.27. The zero-order valence-electron chi connectivity index (χ0n) is 15.1. The zero-order valence-corrected chi connectivity index (χ0v) is 15.1. The normalized spacial score (nSPS) is 12.1. The highest BCUT2D eigenvalue weighted by atomic mass is 16.7. The van der Waals surface area contributed by atoms with E-state index in [0.29, 0.717) is 22.9 Å². The number of anilines is 1. The number of aryl methyl sites for hydroxylation is 1. The Labute approximate surface area is 156 Å². The second-order valence-corrected chi connectivity index (χ2v) is 6.15. The number of fused-ring (bicyclic) bond motifs is 1. The first-order valence-electron chi connectivity index (χ1n) is 8.56. The second-order valence-electron chi connectivity index (χ2n) is 6.15. The molecule has 0 saturated heterocycles. The molecule has 0 bridgehead atoms. The van der Waals surface area contributed by atoms with E-state index >= 15 is 0 Å². The average Bonchev–Trinajstić information content (AvgIpc) is 3.26. The number of hydrogen-bond donors (Lipinski definition) is 1. The van der Waals surface area contributed by atoms with Gasteiger partial charge in [0.25, 0.3) is 5.91 Å². The maximum Gasteiger partial charge on any atom is 0.262 e. The van der Waals surface area contributed by atoms with E-state index in [0.717, 1.165) is 17.1 Å². The number of hydrogen-bond acceptors (Lipinski definition) is 5. The molecule has 27 heavy (non-hydrogen) atoms.